The van der Waals surface area contributed by atoms with Crippen molar-refractivity contribution in [1.82, 2.24) is 0 Å². The van der Waals surface area contributed by atoms with Crippen LogP contribution in [0.3, 0.4) is 0 Å². The van der Waals surface area contributed by atoms with Crippen LogP contribution in [0.4, 0.5) is 0 Å². The van der Waals surface area contributed by atoms with E-state index in [1.54, 1.807) is 0 Å². The molecule has 0 heteroatoms. The molecule has 0 aliphatic heterocycles. The topological polar surface area (TPSA) is 0 Å². The predicted octanol–water partition coefficient (Wildman–Crippen LogP) is 4.74. The molecule has 0 amide bonds. The zero-order valence-corrected chi connectivity index (χ0v) is 9.39. The first-order valence-corrected chi connectivity index (χ1v) is 5.02. The summed E-state index contributed by atoms with van der Waals surface area (Å²) in [7, 11) is 0. The predicted molar refractivity (Wildman–Crippen MR) is 66.0 cm³/mol. The number of rotatable bonds is 1. The Morgan fingerprint density at radius 1 is 1.00 bits per heavy atom. The Morgan fingerprint density at radius 2 is 1.50 bits per heavy atom. The molecule has 1 aromatic rings. The van der Waals surface area contributed by atoms with Gasteiger partial charge in [-0.2, -0.15) is 0 Å². The highest BCUT2D eigenvalue weighted by molar-refractivity contribution is 5.34. The quantitative estimate of drug-likeness (QED) is 0.602. The van der Waals surface area contributed by atoms with Crippen LogP contribution in [0.25, 0.3) is 0 Å². The maximum atomic E-state index is 2.27. The van der Waals surface area contributed by atoms with Crippen LogP contribution in [0.15, 0.2) is 24.3 Å². The molecular formula is C14H24. The Labute approximate surface area is 89.4 Å². The van der Waals surface area contributed by atoms with Gasteiger partial charge in [-0.1, -0.05) is 66.3 Å². The molecule has 0 heterocycles. The largest absolute Gasteiger partial charge is 0.0776 e. The van der Waals surface area contributed by atoms with Crippen LogP contribution < -0.4 is 0 Å². The van der Waals surface area contributed by atoms with Crippen LogP contribution in [-0.4, -0.2) is 0 Å². The van der Waals surface area contributed by atoms with Gasteiger partial charge in [0.1, 0.15) is 0 Å². The molecule has 0 aliphatic rings. The van der Waals surface area contributed by atoms with Gasteiger partial charge in [0.15, 0.2) is 0 Å². The van der Waals surface area contributed by atoms with Crippen molar-refractivity contribution in [2.24, 2.45) is 0 Å². The van der Waals surface area contributed by atoms with Gasteiger partial charge in [0, 0.05) is 0 Å². The summed E-state index contributed by atoms with van der Waals surface area (Å²) < 4.78 is 0. The van der Waals surface area contributed by atoms with Crippen molar-refractivity contribution < 1.29 is 0 Å². The van der Waals surface area contributed by atoms with Crippen LogP contribution in [0.2, 0.25) is 0 Å². The molecule has 0 saturated carbocycles. The molecule has 0 radical (unpaired) electrons. The number of hydrogen-bond donors (Lipinski definition) is 0. The minimum absolute atomic E-state index is 0. The highest BCUT2D eigenvalue weighted by atomic mass is 14.2. The normalized spacial score (nSPS) is 11.3. The van der Waals surface area contributed by atoms with Gasteiger partial charge >= 0.3 is 0 Å². The fourth-order valence-electron chi connectivity index (χ4n) is 1.68. The second-order valence-corrected chi connectivity index (χ2v) is 4.99. The summed E-state index contributed by atoms with van der Waals surface area (Å²) in [4.78, 5) is 0. The summed E-state index contributed by atoms with van der Waals surface area (Å²) in [5.74, 6) is 0.621. The lowest BCUT2D eigenvalue weighted by molar-refractivity contribution is 0.577. The van der Waals surface area contributed by atoms with Crippen LogP contribution in [-0.2, 0) is 5.41 Å². The van der Waals surface area contributed by atoms with Crippen LogP contribution >= 0.6 is 0 Å². The smallest absolute Gasteiger partial charge is 0.0129 e. The zero-order valence-electron chi connectivity index (χ0n) is 9.39. The Balaban J connectivity index is 0.00000169. The van der Waals surface area contributed by atoms with Gasteiger partial charge in [-0.05, 0) is 22.5 Å². The molecule has 0 N–H and O–H groups in total. The first-order valence-electron chi connectivity index (χ1n) is 5.02. The summed E-state index contributed by atoms with van der Waals surface area (Å²) in [6, 6.07) is 8.75. The Morgan fingerprint density at radius 3 is 1.86 bits per heavy atom. The molecule has 14 heavy (non-hydrogen) atoms. The van der Waals surface area contributed by atoms with E-state index in [0.717, 1.165) is 0 Å². The first kappa shape index (κ1) is 13.2. The highest BCUT2D eigenvalue weighted by Crippen LogP contribution is 2.29. The molecule has 0 aliphatic carbocycles. The summed E-state index contributed by atoms with van der Waals surface area (Å²) in [5.41, 5.74) is 3.22. The summed E-state index contributed by atoms with van der Waals surface area (Å²) in [6.07, 6.45) is 0. The molecule has 0 fully saturated rings. The van der Waals surface area contributed by atoms with Crippen LogP contribution in [0, 0.1) is 0 Å². The SMILES string of the molecule is C.CC(C)c1ccccc1C(C)(C)C. The Hall–Kier alpha value is -0.780. The van der Waals surface area contributed by atoms with Crippen molar-refractivity contribution in [1.29, 1.82) is 0 Å². The van der Waals surface area contributed by atoms with Gasteiger partial charge in [-0.15, -0.1) is 0 Å². The lowest BCUT2D eigenvalue weighted by Crippen LogP contribution is -2.14. The maximum absolute atomic E-state index is 2.27. The minimum atomic E-state index is 0. The fraction of sp³-hybridized carbons (Fsp3) is 0.571. The van der Waals surface area contributed by atoms with E-state index in [1.807, 2.05) is 0 Å². The molecule has 0 nitrogen and oxygen atoms in total. The maximum Gasteiger partial charge on any atom is -0.0129 e. The Bertz CT molecular complexity index is 276. The summed E-state index contributed by atoms with van der Waals surface area (Å²) in [5, 5.41) is 0. The lowest BCUT2D eigenvalue weighted by atomic mass is 9.81. The molecule has 1 aromatic carbocycles. The van der Waals surface area contributed by atoms with Crippen molar-refractivity contribution >= 4 is 0 Å². The van der Waals surface area contributed by atoms with Gasteiger partial charge < -0.3 is 0 Å². The van der Waals surface area contributed by atoms with E-state index in [-0.39, 0.29) is 12.8 Å². The zero-order chi connectivity index (χ0) is 10.1. The molecule has 80 valence electrons. The van der Waals surface area contributed by atoms with E-state index in [9.17, 15) is 0 Å². The third-order valence-electron chi connectivity index (χ3n) is 2.39. The molecule has 0 spiro atoms. The third kappa shape index (κ3) is 2.87. The van der Waals surface area contributed by atoms with E-state index >= 15 is 0 Å². The molecule has 0 aromatic heterocycles. The average molecular weight is 192 g/mol. The molecular weight excluding hydrogens is 168 g/mol. The van der Waals surface area contributed by atoms with E-state index < -0.39 is 0 Å². The Kier molecular flexibility index (Phi) is 4.38. The van der Waals surface area contributed by atoms with Crippen molar-refractivity contribution in [3.05, 3.63) is 35.4 Å². The monoisotopic (exact) mass is 192 g/mol. The van der Waals surface area contributed by atoms with Gasteiger partial charge in [0.05, 0.1) is 0 Å². The number of benzene rings is 1. The molecule has 0 bridgehead atoms. The second kappa shape index (κ2) is 4.63. The fourth-order valence-corrected chi connectivity index (χ4v) is 1.68. The highest BCUT2D eigenvalue weighted by Gasteiger charge is 2.18. The van der Waals surface area contributed by atoms with Crippen molar-refractivity contribution in [2.45, 2.75) is 53.4 Å². The number of hydrogen-bond acceptors (Lipinski definition) is 0. The van der Waals surface area contributed by atoms with E-state index in [0.29, 0.717) is 5.92 Å². The van der Waals surface area contributed by atoms with Crippen LogP contribution in [0.5, 0.6) is 0 Å². The lowest BCUT2D eigenvalue weighted by Gasteiger charge is -2.24. The van der Waals surface area contributed by atoms with E-state index in [1.165, 1.54) is 11.1 Å². The van der Waals surface area contributed by atoms with Crippen LogP contribution in [0.1, 0.15) is 59.1 Å². The molecule has 1 rings (SSSR count). The van der Waals surface area contributed by atoms with Crippen molar-refractivity contribution in [2.75, 3.05) is 0 Å². The van der Waals surface area contributed by atoms with Gasteiger partial charge in [-0.3, -0.25) is 0 Å². The second-order valence-electron chi connectivity index (χ2n) is 4.99. The molecule has 0 unspecified atom stereocenters. The van der Waals surface area contributed by atoms with Gasteiger partial charge in [0.25, 0.3) is 0 Å². The van der Waals surface area contributed by atoms with E-state index in [4.69, 9.17) is 0 Å². The van der Waals surface area contributed by atoms with E-state index in [2.05, 4.69) is 58.9 Å². The molecule has 0 atom stereocenters. The summed E-state index contributed by atoms with van der Waals surface area (Å²) in [6.45, 7) is 11.3. The van der Waals surface area contributed by atoms with Crippen molar-refractivity contribution in [3.63, 3.8) is 0 Å². The van der Waals surface area contributed by atoms with Gasteiger partial charge in [0.2, 0.25) is 0 Å². The first-order chi connectivity index (χ1) is 5.93. The molecule has 0 saturated heterocycles. The van der Waals surface area contributed by atoms with Crippen molar-refractivity contribution in [3.8, 4) is 0 Å². The average Bonchev–Trinajstić information content (AvgIpc) is 2.03. The standard InChI is InChI=1S/C13H20.CH4/c1-10(2)11-8-6-7-9-12(11)13(3,4)5;/h6-10H,1-5H3;1H4. The third-order valence-corrected chi connectivity index (χ3v) is 2.39. The summed E-state index contributed by atoms with van der Waals surface area (Å²) >= 11 is 0. The van der Waals surface area contributed by atoms with Gasteiger partial charge in [-0.25, -0.2) is 0 Å². The minimum Gasteiger partial charge on any atom is -0.0776 e.